The molecule has 9 heteroatoms. The van der Waals surface area contributed by atoms with Gasteiger partial charge in [-0.15, -0.1) is 0 Å². The zero-order valence-corrected chi connectivity index (χ0v) is 15.8. The number of fused-ring (bicyclic) bond motifs is 2. The largest absolute Gasteiger partial charge is 0.439 e. The summed E-state index contributed by atoms with van der Waals surface area (Å²) in [6.45, 7) is 0.222. The van der Waals surface area contributed by atoms with Crippen LogP contribution < -0.4 is 10.6 Å². The van der Waals surface area contributed by atoms with Crippen molar-refractivity contribution in [3.63, 3.8) is 0 Å². The molecule has 1 aliphatic rings. The van der Waals surface area contributed by atoms with Gasteiger partial charge in [-0.2, -0.15) is 4.98 Å². The molecule has 29 heavy (non-hydrogen) atoms. The molecule has 0 saturated carbocycles. The lowest BCUT2D eigenvalue weighted by Gasteiger charge is -2.21. The van der Waals surface area contributed by atoms with Gasteiger partial charge in [0.1, 0.15) is 28.8 Å². The summed E-state index contributed by atoms with van der Waals surface area (Å²) in [6, 6.07) is 10.6. The Bertz CT molecular complexity index is 1210. The smallest absolute Gasteiger partial charge is 0.223 e. The van der Waals surface area contributed by atoms with Crippen LogP contribution in [0, 0.1) is 0 Å². The van der Waals surface area contributed by atoms with E-state index in [0.29, 0.717) is 28.4 Å². The topological polar surface area (TPSA) is 114 Å². The second-order valence-electron chi connectivity index (χ2n) is 6.58. The fourth-order valence-corrected chi connectivity index (χ4v) is 3.83. The molecule has 3 N–H and O–H groups in total. The quantitative estimate of drug-likeness (QED) is 0.394. The van der Waals surface area contributed by atoms with Crippen LogP contribution in [0.4, 0.5) is 11.8 Å². The monoisotopic (exact) mass is 406 g/mol. The molecule has 0 aliphatic carbocycles. The molecule has 1 unspecified atom stereocenters. The van der Waals surface area contributed by atoms with E-state index < -0.39 is 6.04 Å². The second-order valence-corrected chi connectivity index (χ2v) is 6.94. The second kappa shape index (κ2) is 6.75. The van der Waals surface area contributed by atoms with Crippen LogP contribution >= 0.6 is 11.6 Å². The van der Waals surface area contributed by atoms with E-state index in [4.69, 9.17) is 21.8 Å². The highest BCUT2D eigenvalue weighted by Gasteiger charge is 2.38. The molecule has 0 radical (unpaired) electrons. The number of nitrogens with zero attached hydrogens (tertiary/aromatic N) is 4. The molecule has 0 spiro atoms. The predicted molar refractivity (Wildman–Crippen MR) is 110 cm³/mol. The lowest BCUT2D eigenvalue weighted by atomic mass is 10.0. The number of benzene rings is 1. The molecular weight excluding hydrogens is 392 g/mol. The number of para-hydroxylation sites is 2. The summed E-state index contributed by atoms with van der Waals surface area (Å²) in [5.41, 5.74) is 9.33. The molecule has 0 saturated heterocycles. The molecule has 3 aromatic heterocycles. The standard InChI is InChI=1S/C20H15ClN6O2/c21-18-17-12(8-11-4-3-7-23-11)14(10-28)27(19(17)26-20(22)25-18)9-16-24-13-5-1-2-6-15(13)29-16/h1-8,10,14,23H,9H2,(H2,22,25,26)/b12-8+. The van der Waals surface area contributed by atoms with Crippen molar-refractivity contribution in [1.82, 2.24) is 19.9 Å². The van der Waals surface area contributed by atoms with Crippen molar-refractivity contribution in [2.24, 2.45) is 0 Å². The average molecular weight is 407 g/mol. The van der Waals surface area contributed by atoms with Crippen molar-refractivity contribution in [1.29, 1.82) is 0 Å². The lowest BCUT2D eigenvalue weighted by molar-refractivity contribution is -0.107. The number of aldehydes is 1. The maximum Gasteiger partial charge on any atom is 0.223 e. The van der Waals surface area contributed by atoms with Gasteiger partial charge in [0, 0.05) is 11.9 Å². The number of nitrogen functional groups attached to an aromatic ring is 1. The minimum Gasteiger partial charge on any atom is -0.439 e. The number of H-pyrrole nitrogens is 1. The van der Waals surface area contributed by atoms with Gasteiger partial charge in [-0.3, -0.25) is 0 Å². The summed E-state index contributed by atoms with van der Waals surface area (Å²) in [7, 11) is 0. The summed E-state index contributed by atoms with van der Waals surface area (Å²) in [5.74, 6) is 0.958. The molecular formula is C20H15ClN6O2. The third-order valence-corrected chi connectivity index (χ3v) is 5.06. The van der Waals surface area contributed by atoms with E-state index in [2.05, 4.69) is 19.9 Å². The first-order chi connectivity index (χ1) is 14.1. The van der Waals surface area contributed by atoms with Crippen molar-refractivity contribution < 1.29 is 9.21 Å². The Hall–Kier alpha value is -3.65. The number of aromatic amines is 1. The van der Waals surface area contributed by atoms with Gasteiger partial charge in [0.05, 0.1) is 12.1 Å². The molecule has 1 atom stereocenters. The van der Waals surface area contributed by atoms with Crippen molar-refractivity contribution in [3.05, 3.63) is 64.9 Å². The Kier molecular flexibility index (Phi) is 4.06. The number of rotatable bonds is 4. The molecule has 4 heterocycles. The van der Waals surface area contributed by atoms with Crippen LogP contribution in [-0.4, -0.2) is 32.3 Å². The highest BCUT2D eigenvalue weighted by Crippen LogP contribution is 2.43. The van der Waals surface area contributed by atoms with Gasteiger partial charge in [0.2, 0.25) is 11.8 Å². The maximum atomic E-state index is 12.1. The Morgan fingerprint density at radius 1 is 1.21 bits per heavy atom. The number of aromatic nitrogens is 4. The highest BCUT2D eigenvalue weighted by molar-refractivity contribution is 6.32. The number of nitrogens with two attached hydrogens (primary N) is 1. The van der Waals surface area contributed by atoms with Crippen LogP contribution in [0.1, 0.15) is 17.1 Å². The third kappa shape index (κ3) is 2.94. The minimum atomic E-state index is -0.642. The summed E-state index contributed by atoms with van der Waals surface area (Å²) in [5, 5.41) is 0.192. The fourth-order valence-electron chi connectivity index (χ4n) is 3.55. The van der Waals surface area contributed by atoms with E-state index in [9.17, 15) is 4.79 Å². The number of carbonyl (C=O) groups is 1. The highest BCUT2D eigenvalue weighted by atomic mass is 35.5. The molecule has 144 valence electrons. The minimum absolute atomic E-state index is 0.0297. The first-order valence-corrected chi connectivity index (χ1v) is 9.26. The molecule has 5 rings (SSSR count). The maximum absolute atomic E-state index is 12.1. The summed E-state index contributed by atoms with van der Waals surface area (Å²) in [4.78, 5) is 29.9. The van der Waals surface area contributed by atoms with Crippen molar-refractivity contribution >= 4 is 52.4 Å². The van der Waals surface area contributed by atoms with Crippen molar-refractivity contribution in [2.75, 3.05) is 10.6 Å². The molecule has 8 nitrogen and oxygen atoms in total. The number of hydrogen-bond acceptors (Lipinski definition) is 7. The van der Waals surface area contributed by atoms with Gasteiger partial charge < -0.3 is 24.8 Å². The van der Waals surface area contributed by atoms with E-state index in [1.807, 2.05) is 42.5 Å². The molecule has 0 amide bonds. The normalized spacial score (nSPS) is 17.2. The van der Waals surface area contributed by atoms with E-state index in [1.165, 1.54) is 0 Å². The van der Waals surface area contributed by atoms with Gasteiger partial charge in [-0.1, -0.05) is 23.7 Å². The number of oxazole rings is 1. The molecule has 1 aromatic carbocycles. The number of halogens is 1. The van der Waals surface area contributed by atoms with Gasteiger partial charge in [-0.05, 0) is 35.9 Å². The zero-order chi connectivity index (χ0) is 20.0. The van der Waals surface area contributed by atoms with Crippen molar-refractivity contribution in [3.8, 4) is 0 Å². The Morgan fingerprint density at radius 2 is 2.07 bits per heavy atom. The van der Waals surface area contributed by atoms with Crippen LogP contribution in [0.15, 0.2) is 47.0 Å². The Morgan fingerprint density at radius 3 is 2.83 bits per heavy atom. The van der Waals surface area contributed by atoms with E-state index in [0.717, 1.165) is 17.5 Å². The lowest BCUT2D eigenvalue weighted by Crippen LogP contribution is -2.32. The first-order valence-electron chi connectivity index (χ1n) is 8.89. The van der Waals surface area contributed by atoms with Crippen LogP contribution in [0.5, 0.6) is 0 Å². The first kappa shape index (κ1) is 17.4. The van der Waals surface area contributed by atoms with E-state index >= 15 is 0 Å². The van der Waals surface area contributed by atoms with Crippen LogP contribution in [0.3, 0.4) is 0 Å². The van der Waals surface area contributed by atoms with Gasteiger partial charge in [0.15, 0.2) is 5.58 Å². The summed E-state index contributed by atoms with van der Waals surface area (Å²) < 4.78 is 5.84. The average Bonchev–Trinajstić information content (AvgIpc) is 3.40. The number of hydrogen-bond donors (Lipinski definition) is 2. The van der Waals surface area contributed by atoms with Gasteiger partial charge in [-0.25, -0.2) is 9.97 Å². The fraction of sp³-hybridized carbons (Fsp3) is 0.100. The van der Waals surface area contributed by atoms with Crippen LogP contribution in [-0.2, 0) is 11.3 Å². The summed E-state index contributed by atoms with van der Waals surface area (Å²) >= 11 is 6.40. The van der Waals surface area contributed by atoms with Gasteiger partial charge >= 0.3 is 0 Å². The predicted octanol–water partition coefficient (Wildman–Crippen LogP) is 3.31. The van der Waals surface area contributed by atoms with E-state index in [-0.39, 0.29) is 17.6 Å². The SMILES string of the molecule is Nc1nc(Cl)c2c(n1)N(Cc1nc3ccccc3o1)C(C=O)/C2=C\c1ccc[nH]1. The Labute approximate surface area is 170 Å². The van der Waals surface area contributed by atoms with Crippen LogP contribution in [0.2, 0.25) is 5.15 Å². The van der Waals surface area contributed by atoms with E-state index in [1.54, 1.807) is 11.1 Å². The number of nitrogens with one attached hydrogen (secondary N) is 1. The molecule has 4 aromatic rings. The van der Waals surface area contributed by atoms with Crippen molar-refractivity contribution in [2.45, 2.75) is 12.6 Å². The summed E-state index contributed by atoms with van der Waals surface area (Å²) in [6.07, 6.45) is 4.50. The molecule has 0 bridgehead atoms. The molecule has 0 fully saturated rings. The zero-order valence-electron chi connectivity index (χ0n) is 15.0. The number of carbonyl (C=O) groups excluding carboxylic acids is 1. The molecule has 1 aliphatic heterocycles. The number of anilines is 2. The Balaban J connectivity index is 1.64. The van der Waals surface area contributed by atoms with Crippen LogP contribution in [0.25, 0.3) is 22.7 Å². The van der Waals surface area contributed by atoms with Gasteiger partial charge in [0.25, 0.3) is 0 Å². The third-order valence-electron chi connectivity index (χ3n) is 4.78.